The third-order valence-corrected chi connectivity index (χ3v) is 7.18. The fourth-order valence-corrected chi connectivity index (χ4v) is 5.38. The fraction of sp³-hybridized carbons (Fsp3) is 0.444. The molecule has 0 aliphatic carbocycles. The van der Waals surface area contributed by atoms with Crippen molar-refractivity contribution in [3.8, 4) is 17.0 Å². The summed E-state index contributed by atoms with van der Waals surface area (Å²) in [4.78, 5) is 29.5. The van der Waals surface area contributed by atoms with Gasteiger partial charge in [0.05, 0.1) is 12.5 Å². The van der Waals surface area contributed by atoms with Gasteiger partial charge in [0.15, 0.2) is 17.0 Å². The van der Waals surface area contributed by atoms with Crippen molar-refractivity contribution < 1.29 is 14.1 Å². The zero-order chi connectivity index (χ0) is 25.2. The maximum absolute atomic E-state index is 13.2. The van der Waals surface area contributed by atoms with E-state index in [0.717, 1.165) is 79.3 Å². The summed E-state index contributed by atoms with van der Waals surface area (Å²) in [6, 6.07) is 9.39. The Hall–Kier alpha value is -3.95. The van der Waals surface area contributed by atoms with E-state index < -0.39 is 0 Å². The van der Waals surface area contributed by atoms with Crippen LogP contribution in [0.3, 0.4) is 0 Å². The zero-order valence-electron chi connectivity index (χ0n) is 21.0. The van der Waals surface area contributed by atoms with Crippen molar-refractivity contribution >= 4 is 28.8 Å². The van der Waals surface area contributed by atoms with Crippen LogP contribution in [0.2, 0.25) is 0 Å². The van der Waals surface area contributed by atoms with Crippen LogP contribution in [-0.4, -0.2) is 50.3 Å². The van der Waals surface area contributed by atoms with E-state index in [9.17, 15) is 4.79 Å². The van der Waals surface area contributed by atoms with Gasteiger partial charge in [-0.1, -0.05) is 23.7 Å². The molecule has 4 aromatic rings. The number of ether oxygens (including phenoxy) is 1. The lowest BCUT2D eigenvalue weighted by Gasteiger charge is -2.32. The number of hydrogen-bond donors (Lipinski definition) is 1. The Balaban J connectivity index is 1.18. The van der Waals surface area contributed by atoms with Crippen molar-refractivity contribution in [2.45, 2.75) is 52.0 Å². The van der Waals surface area contributed by atoms with Crippen LogP contribution in [0.15, 0.2) is 41.2 Å². The Labute approximate surface area is 215 Å². The molecule has 1 fully saturated rings. The van der Waals surface area contributed by atoms with Gasteiger partial charge in [0.1, 0.15) is 23.6 Å². The summed E-state index contributed by atoms with van der Waals surface area (Å²) >= 11 is 0. The van der Waals surface area contributed by atoms with Crippen molar-refractivity contribution in [3.63, 3.8) is 0 Å². The normalized spacial score (nSPS) is 17.9. The number of fused-ring (bicyclic) bond motifs is 3. The molecule has 5 heterocycles. The van der Waals surface area contributed by atoms with Crippen LogP contribution in [0.4, 0.5) is 11.7 Å². The van der Waals surface area contributed by atoms with E-state index in [1.807, 2.05) is 31.2 Å². The van der Waals surface area contributed by atoms with E-state index in [-0.39, 0.29) is 11.8 Å². The minimum Gasteiger partial charge on any atom is -0.493 e. The lowest BCUT2D eigenvalue weighted by molar-refractivity contribution is -0.120. The number of benzene rings is 1. The summed E-state index contributed by atoms with van der Waals surface area (Å²) in [7, 11) is 0. The van der Waals surface area contributed by atoms with Gasteiger partial charge >= 0.3 is 0 Å². The van der Waals surface area contributed by atoms with Crippen LogP contribution in [0, 0.1) is 5.92 Å². The highest BCUT2D eigenvalue weighted by Gasteiger charge is 2.30. The van der Waals surface area contributed by atoms with Crippen LogP contribution in [0.5, 0.6) is 5.75 Å². The maximum atomic E-state index is 13.2. The Kier molecular flexibility index (Phi) is 6.46. The van der Waals surface area contributed by atoms with Gasteiger partial charge in [-0.3, -0.25) is 10.1 Å². The van der Waals surface area contributed by atoms with Crippen molar-refractivity contribution in [3.05, 3.63) is 42.5 Å². The van der Waals surface area contributed by atoms with E-state index in [4.69, 9.17) is 14.2 Å². The molecule has 1 aromatic carbocycles. The standard InChI is InChI=1S/C27H31N7O3/c1-2-36-21-11-6-5-10-19(21)20-15-23(37-32-20)31-27(35)18-9-8-13-33(16-18)25-24-26(29-17-28-25)34-14-7-3-4-12-22(34)30-24/h5-6,10-11,15,17-18H,2-4,7-9,12-14,16H2,1H3,(H,31,35). The smallest absolute Gasteiger partial charge is 0.231 e. The molecule has 2 aliphatic rings. The molecular weight excluding hydrogens is 470 g/mol. The van der Waals surface area contributed by atoms with E-state index >= 15 is 0 Å². The van der Waals surface area contributed by atoms with Gasteiger partial charge in [-0.2, -0.15) is 0 Å². The first-order valence-electron chi connectivity index (χ1n) is 13.2. The number of amides is 1. The molecule has 10 nitrogen and oxygen atoms in total. The number of aryl methyl sites for hydroxylation is 2. The van der Waals surface area contributed by atoms with Crippen LogP contribution >= 0.6 is 0 Å². The number of carbonyl (C=O) groups is 1. The highest BCUT2D eigenvalue weighted by atomic mass is 16.5. The number of hydrogen-bond acceptors (Lipinski definition) is 8. The minimum atomic E-state index is -0.205. The SMILES string of the molecule is CCOc1ccccc1-c1cc(NC(=O)C2CCCN(c3ncnc4c3nc3n4CCCCC3)C2)on1. The minimum absolute atomic E-state index is 0.0867. The van der Waals surface area contributed by atoms with E-state index in [0.29, 0.717) is 24.7 Å². The van der Waals surface area contributed by atoms with Crippen LogP contribution in [0.25, 0.3) is 22.4 Å². The molecule has 1 unspecified atom stereocenters. The number of aromatic nitrogens is 5. The molecular formula is C27H31N7O3. The summed E-state index contributed by atoms with van der Waals surface area (Å²) in [6.45, 7) is 4.83. The van der Waals surface area contributed by atoms with Crippen molar-refractivity contribution in [2.75, 3.05) is 29.9 Å². The molecule has 1 atom stereocenters. The predicted molar refractivity (Wildman–Crippen MR) is 140 cm³/mol. The monoisotopic (exact) mass is 501 g/mol. The third-order valence-electron chi connectivity index (χ3n) is 7.18. The van der Waals surface area contributed by atoms with Crippen LogP contribution in [0.1, 0.15) is 44.9 Å². The molecule has 6 rings (SSSR count). The average molecular weight is 502 g/mol. The Bertz CT molecular complexity index is 1410. The van der Waals surface area contributed by atoms with E-state index in [1.165, 1.54) is 6.42 Å². The summed E-state index contributed by atoms with van der Waals surface area (Å²) in [5, 5.41) is 7.08. The third kappa shape index (κ3) is 4.63. The molecule has 0 radical (unpaired) electrons. The van der Waals surface area contributed by atoms with Gasteiger partial charge in [0.25, 0.3) is 0 Å². The first-order valence-corrected chi connectivity index (χ1v) is 13.2. The number of anilines is 2. The maximum Gasteiger partial charge on any atom is 0.231 e. The van der Waals surface area contributed by atoms with Crippen LogP contribution in [-0.2, 0) is 17.8 Å². The molecule has 1 N–H and O–H groups in total. The highest BCUT2D eigenvalue weighted by molar-refractivity contribution is 5.93. The zero-order valence-corrected chi connectivity index (χ0v) is 21.0. The number of nitrogens with one attached hydrogen (secondary N) is 1. The van der Waals surface area contributed by atoms with E-state index in [1.54, 1.807) is 12.4 Å². The molecule has 192 valence electrons. The predicted octanol–water partition coefficient (Wildman–Crippen LogP) is 4.46. The summed E-state index contributed by atoms with van der Waals surface area (Å²) < 4.78 is 13.4. The van der Waals surface area contributed by atoms with Gasteiger partial charge < -0.3 is 18.7 Å². The first-order chi connectivity index (χ1) is 18.2. The number of imidazole rings is 1. The summed E-state index contributed by atoms with van der Waals surface area (Å²) in [6.07, 6.45) is 7.79. The fourth-order valence-electron chi connectivity index (χ4n) is 5.38. The second-order valence-electron chi connectivity index (χ2n) is 9.64. The average Bonchev–Trinajstić information content (AvgIpc) is 3.46. The van der Waals surface area contributed by atoms with Crippen molar-refractivity contribution in [1.29, 1.82) is 0 Å². The molecule has 10 heteroatoms. The van der Waals surface area contributed by atoms with Crippen molar-refractivity contribution in [1.82, 2.24) is 24.7 Å². The molecule has 1 amide bonds. The quantitative estimate of drug-likeness (QED) is 0.412. The van der Waals surface area contributed by atoms with Gasteiger partial charge in [0.2, 0.25) is 11.8 Å². The Morgan fingerprint density at radius 2 is 2.08 bits per heavy atom. The van der Waals surface area contributed by atoms with Gasteiger partial charge in [-0.15, -0.1) is 0 Å². The van der Waals surface area contributed by atoms with Crippen molar-refractivity contribution in [2.24, 2.45) is 5.92 Å². The van der Waals surface area contributed by atoms with Crippen LogP contribution < -0.4 is 15.0 Å². The molecule has 3 aromatic heterocycles. The topological polar surface area (TPSA) is 111 Å². The number of nitrogens with zero attached hydrogens (tertiary/aromatic N) is 6. The second-order valence-corrected chi connectivity index (χ2v) is 9.64. The molecule has 37 heavy (non-hydrogen) atoms. The summed E-state index contributed by atoms with van der Waals surface area (Å²) in [5.74, 6) is 2.67. The van der Waals surface area contributed by atoms with Gasteiger partial charge in [-0.05, 0) is 44.7 Å². The molecule has 2 aliphatic heterocycles. The Morgan fingerprint density at radius 1 is 1.16 bits per heavy atom. The summed E-state index contributed by atoms with van der Waals surface area (Å²) in [5.41, 5.74) is 3.18. The molecule has 0 spiro atoms. The lowest BCUT2D eigenvalue weighted by atomic mass is 9.97. The number of para-hydroxylation sites is 1. The number of piperidine rings is 1. The lowest BCUT2D eigenvalue weighted by Crippen LogP contribution is -2.41. The van der Waals surface area contributed by atoms with E-state index in [2.05, 4.69) is 29.9 Å². The first kappa shape index (κ1) is 23.4. The Morgan fingerprint density at radius 3 is 3.00 bits per heavy atom. The second kappa shape index (κ2) is 10.2. The number of rotatable bonds is 6. The molecule has 1 saturated heterocycles. The molecule has 0 bridgehead atoms. The molecule has 0 saturated carbocycles. The highest BCUT2D eigenvalue weighted by Crippen LogP contribution is 2.32. The number of carbonyl (C=O) groups excluding carboxylic acids is 1. The van der Waals surface area contributed by atoms with Gasteiger partial charge in [-0.25, -0.2) is 15.0 Å². The van der Waals surface area contributed by atoms with Gasteiger partial charge in [0, 0.05) is 37.7 Å². The largest absolute Gasteiger partial charge is 0.493 e.